The Morgan fingerprint density at radius 2 is 1.89 bits per heavy atom. The van der Waals surface area contributed by atoms with Gasteiger partial charge in [-0.05, 0) is 63.4 Å². The van der Waals surface area contributed by atoms with Crippen LogP contribution in [0.4, 0.5) is 5.69 Å². The largest absolute Gasteiger partial charge is 0.369 e. The second-order valence-electron chi connectivity index (χ2n) is 5.57. The van der Waals surface area contributed by atoms with Gasteiger partial charge in [-0.15, -0.1) is 0 Å². The third-order valence-electron chi connectivity index (χ3n) is 3.49. The van der Waals surface area contributed by atoms with Gasteiger partial charge in [0.15, 0.2) is 0 Å². The standard InChI is InChI=1S/C17H30N2/c1-6-10-18-13-16-8-9-17(12-15(16)5)19(11-7-2)14(3)4/h8-9,12,14,18H,6-7,10-11,13H2,1-5H3. The fourth-order valence-electron chi connectivity index (χ4n) is 2.38. The van der Waals surface area contributed by atoms with Crippen LogP contribution in [-0.2, 0) is 6.54 Å². The Morgan fingerprint density at radius 3 is 2.42 bits per heavy atom. The van der Waals surface area contributed by atoms with Gasteiger partial charge >= 0.3 is 0 Å². The molecule has 0 saturated heterocycles. The van der Waals surface area contributed by atoms with E-state index in [-0.39, 0.29) is 0 Å². The minimum Gasteiger partial charge on any atom is -0.369 e. The van der Waals surface area contributed by atoms with Crippen LogP contribution in [0.1, 0.15) is 51.7 Å². The Morgan fingerprint density at radius 1 is 1.16 bits per heavy atom. The summed E-state index contributed by atoms with van der Waals surface area (Å²) < 4.78 is 0. The quantitative estimate of drug-likeness (QED) is 0.709. The molecule has 0 unspecified atom stereocenters. The minimum atomic E-state index is 0.559. The lowest BCUT2D eigenvalue weighted by atomic mass is 10.1. The summed E-state index contributed by atoms with van der Waals surface area (Å²) in [5.41, 5.74) is 4.16. The third kappa shape index (κ3) is 4.87. The van der Waals surface area contributed by atoms with E-state index in [1.54, 1.807) is 0 Å². The molecular weight excluding hydrogens is 232 g/mol. The zero-order chi connectivity index (χ0) is 14.3. The lowest BCUT2D eigenvalue weighted by Gasteiger charge is -2.29. The number of aryl methyl sites for hydroxylation is 1. The van der Waals surface area contributed by atoms with Crippen LogP contribution in [0.15, 0.2) is 18.2 Å². The van der Waals surface area contributed by atoms with E-state index in [9.17, 15) is 0 Å². The van der Waals surface area contributed by atoms with E-state index >= 15 is 0 Å². The molecule has 0 bridgehead atoms. The van der Waals surface area contributed by atoms with Crippen molar-refractivity contribution in [2.24, 2.45) is 0 Å². The van der Waals surface area contributed by atoms with E-state index in [4.69, 9.17) is 0 Å². The molecule has 0 atom stereocenters. The van der Waals surface area contributed by atoms with Crippen molar-refractivity contribution < 1.29 is 0 Å². The summed E-state index contributed by atoms with van der Waals surface area (Å²) in [5.74, 6) is 0. The highest BCUT2D eigenvalue weighted by atomic mass is 15.1. The van der Waals surface area contributed by atoms with Gasteiger partial charge in [-0.2, -0.15) is 0 Å². The average molecular weight is 262 g/mol. The lowest BCUT2D eigenvalue weighted by Crippen LogP contribution is -2.31. The van der Waals surface area contributed by atoms with E-state index in [1.165, 1.54) is 29.7 Å². The molecule has 0 aromatic heterocycles. The van der Waals surface area contributed by atoms with Gasteiger partial charge in [-0.25, -0.2) is 0 Å². The molecule has 108 valence electrons. The molecule has 0 amide bonds. The number of rotatable bonds is 8. The monoisotopic (exact) mass is 262 g/mol. The molecule has 0 heterocycles. The van der Waals surface area contributed by atoms with Crippen LogP contribution in [-0.4, -0.2) is 19.1 Å². The molecule has 19 heavy (non-hydrogen) atoms. The first kappa shape index (κ1) is 16.0. The van der Waals surface area contributed by atoms with Crippen LogP contribution in [0.25, 0.3) is 0 Å². The first-order valence-electron chi connectivity index (χ1n) is 7.67. The van der Waals surface area contributed by atoms with Crippen molar-refractivity contribution in [1.82, 2.24) is 5.32 Å². The maximum atomic E-state index is 3.48. The SMILES string of the molecule is CCCNCc1ccc(N(CCC)C(C)C)cc1C. The van der Waals surface area contributed by atoms with Gasteiger partial charge in [0.05, 0.1) is 0 Å². The summed E-state index contributed by atoms with van der Waals surface area (Å²) in [5, 5.41) is 3.48. The lowest BCUT2D eigenvalue weighted by molar-refractivity contribution is 0.665. The topological polar surface area (TPSA) is 15.3 Å². The smallest absolute Gasteiger partial charge is 0.0371 e. The van der Waals surface area contributed by atoms with Crippen molar-refractivity contribution in [3.05, 3.63) is 29.3 Å². The van der Waals surface area contributed by atoms with Crippen LogP contribution in [0.5, 0.6) is 0 Å². The van der Waals surface area contributed by atoms with Crippen molar-refractivity contribution in [2.45, 2.75) is 60.0 Å². The molecule has 0 radical (unpaired) electrons. The van der Waals surface area contributed by atoms with Crippen LogP contribution >= 0.6 is 0 Å². The van der Waals surface area contributed by atoms with Crippen LogP contribution < -0.4 is 10.2 Å². The molecule has 0 aliphatic carbocycles. The summed E-state index contributed by atoms with van der Waals surface area (Å²) in [4.78, 5) is 2.48. The Hall–Kier alpha value is -1.02. The molecule has 0 fully saturated rings. The van der Waals surface area contributed by atoms with Gasteiger partial charge < -0.3 is 10.2 Å². The second kappa shape index (κ2) is 8.21. The highest BCUT2D eigenvalue weighted by molar-refractivity contribution is 5.51. The van der Waals surface area contributed by atoms with Gasteiger partial charge in [0.2, 0.25) is 0 Å². The molecule has 0 aliphatic heterocycles. The number of nitrogens with zero attached hydrogens (tertiary/aromatic N) is 1. The molecule has 2 nitrogen and oxygen atoms in total. The van der Waals surface area contributed by atoms with Gasteiger partial charge in [-0.1, -0.05) is 19.9 Å². The molecule has 2 heteroatoms. The number of nitrogens with one attached hydrogen (secondary N) is 1. The number of hydrogen-bond acceptors (Lipinski definition) is 2. The number of anilines is 1. The zero-order valence-electron chi connectivity index (χ0n) is 13.3. The summed E-state index contributed by atoms with van der Waals surface area (Å²) in [6, 6.07) is 7.44. The Kier molecular flexibility index (Phi) is 6.93. The van der Waals surface area contributed by atoms with Crippen LogP contribution in [0.3, 0.4) is 0 Å². The minimum absolute atomic E-state index is 0.559. The molecular formula is C17H30N2. The van der Waals surface area contributed by atoms with Crippen molar-refractivity contribution in [2.75, 3.05) is 18.0 Å². The molecule has 0 spiro atoms. The zero-order valence-corrected chi connectivity index (χ0v) is 13.3. The average Bonchev–Trinajstić information content (AvgIpc) is 2.37. The van der Waals surface area contributed by atoms with E-state index in [1.807, 2.05) is 0 Å². The van der Waals surface area contributed by atoms with E-state index in [2.05, 4.69) is 63.0 Å². The van der Waals surface area contributed by atoms with Crippen LogP contribution in [0, 0.1) is 6.92 Å². The fraction of sp³-hybridized carbons (Fsp3) is 0.647. The fourth-order valence-corrected chi connectivity index (χ4v) is 2.38. The Balaban J connectivity index is 2.79. The number of hydrogen-bond donors (Lipinski definition) is 1. The second-order valence-corrected chi connectivity index (χ2v) is 5.57. The van der Waals surface area contributed by atoms with Gasteiger partial charge in [-0.3, -0.25) is 0 Å². The Labute approximate surface area is 119 Å². The third-order valence-corrected chi connectivity index (χ3v) is 3.49. The summed E-state index contributed by atoms with van der Waals surface area (Å²) in [6.07, 6.45) is 2.38. The molecule has 1 rings (SSSR count). The molecule has 0 aliphatic rings. The van der Waals surface area contributed by atoms with E-state index in [0.29, 0.717) is 6.04 Å². The molecule has 1 aromatic rings. The van der Waals surface area contributed by atoms with Gasteiger partial charge in [0.1, 0.15) is 0 Å². The highest BCUT2D eigenvalue weighted by Crippen LogP contribution is 2.21. The predicted octanol–water partition coefficient (Wildman–Crippen LogP) is 4.12. The number of benzene rings is 1. The Bertz CT molecular complexity index is 372. The maximum absolute atomic E-state index is 3.48. The molecule has 1 N–H and O–H groups in total. The summed E-state index contributed by atoms with van der Waals surface area (Å²) in [6.45, 7) is 14.4. The highest BCUT2D eigenvalue weighted by Gasteiger charge is 2.10. The van der Waals surface area contributed by atoms with Crippen molar-refractivity contribution in [3.8, 4) is 0 Å². The van der Waals surface area contributed by atoms with Gasteiger partial charge in [0.25, 0.3) is 0 Å². The maximum Gasteiger partial charge on any atom is 0.0371 e. The van der Waals surface area contributed by atoms with Crippen LogP contribution in [0.2, 0.25) is 0 Å². The molecule has 1 aromatic carbocycles. The van der Waals surface area contributed by atoms with E-state index in [0.717, 1.165) is 19.6 Å². The first-order valence-corrected chi connectivity index (χ1v) is 7.67. The van der Waals surface area contributed by atoms with Crippen molar-refractivity contribution >= 4 is 5.69 Å². The molecule has 0 saturated carbocycles. The summed E-state index contributed by atoms with van der Waals surface area (Å²) in [7, 11) is 0. The summed E-state index contributed by atoms with van der Waals surface area (Å²) >= 11 is 0. The van der Waals surface area contributed by atoms with Crippen molar-refractivity contribution in [1.29, 1.82) is 0 Å². The van der Waals surface area contributed by atoms with Crippen molar-refractivity contribution in [3.63, 3.8) is 0 Å². The van der Waals surface area contributed by atoms with Gasteiger partial charge in [0, 0.05) is 24.8 Å². The normalized spacial score (nSPS) is 11.1. The van der Waals surface area contributed by atoms with E-state index < -0.39 is 0 Å². The first-order chi connectivity index (χ1) is 9.10. The predicted molar refractivity (Wildman–Crippen MR) is 85.9 cm³/mol.